The molecule has 1 aromatic rings. The Kier molecular flexibility index (Phi) is 3.05. The first-order valence-corrected chi connectivity index (χ1v) is 4.52. The fraction of sp³-hybridized carbons (Fsp3) is 0.500. The van der Waals surface area contributed by atoms with Crippen molar-refractivity contribution in [2.24, 2.45) is 0 Å². The van der Waals surface area contributed by atoms with Crippen LogP contribution >= 0.6 is 11.3 Å². The molecule has 0 saturated heterocycles. The zero-order valence-electron chi connectivity index (χ0n) is 6.45. The van der Waals surface area contributed by atoms with Gasteiger partial charge in [0.1, 0.15) is 6.10 Å². The van der Waals surface area contributed by atoms with Crippen LogP contribution in [0, 0.1) is 0 Å². The van der Waals surface area contributed by atoms with Crippen molar-refractivity contribution < 1.29 is 10.2 Å². The number of aliphatic hydroxyl groups is 2. The van der Waals surface area contributed by atoms with E-state index < -0.39 is 6.10 Å². The minimum Gasteiger partial charge on any atom is -0.393 e. The van der Waals surface area contributed by atoms with Crippen LogP contribution in [0.25, 0.3) is 0 Å². The second kappa shape index (κ2) is 3.85. The molecule has 2 nitrogen and oxygen atoms in total. The van der Waals surface area contributed by atoms with Gasteiger partial charge in [-0.2, -0.15) is 0 Å². The highest BCUT2D eigenvalue weighted by atomic mass is 32.1. The number of aliphatic hydroxyl groups excluding tert-OH is 2. The maximum atomic E-state index is 9.19. The lowest BCUT2D eigenvalue weighted by Gasteiger charge is -2.01. The minimum atomic E-state index is -0.702. The molecule has 1 rings (SSSR count). The van der Waals surface area contributed by atoms with Crippen LogP contribution in [-0.2, 0) is 6.42 Å². The normalized spacial score (nSPS) is 13.4. The van der Waals surface area contributed by atoms with Crippen molar-refractivity contribution in [3.05, 3.63) is 21.9 Å². The van der Waals surface area contributed by atoms with E-state index in [-0.39, 0.29) is 6.61 Å². The summed E-state index contributed by atoms with van der Waals surface area (Å²) in [5.74, 6) is 0. The molecule has 0 amide bonds. The predicted octanol–water partition coefficient (Wildman–Crippen LogP) is 1.34. The molecule has 1 atom stereocenters. The molecule has 2 N–H and O–H groups in total. The van der Waals surface area contributed by atoms with Crippen LogP contribution in [0.3, 0.4) is 0 Å². The molecule has 0 spiro atoms. The summed E-state index contributed by atoms with van der Waals surface area (Å²) in [6.45, 7) is 1.88. The Hall–Kier alpha value is -0.380. The van der Waals surface area contributed by atoms with Crippen LogP contribution in [0.5, 0.6) is 0 Å². The number of hydrogen-bond acceptors (Lipinski definition) is 3. The summed E-state index contributed by atoms with van der Waals surface area (Å²) in [4.78, 5) is 1.24. The summed E-state index contributed by atoms with van der Waals surface area (Å²) >= 11 is 1.62. The van der Waals surface area contributed by atoms with Crippen LogP contribution < -0.4 is 0 Å². The van der Waals surface area contributed by atoms with Crippen LogP contribution in [0.4, 0.5) is 0 Å². The monoisotopic (exact) mass is 172 g/mol. The quantitative estimate of drug-likeness (QED) is 0.722. The highest BCUT2D eigenvalue weighted by Gasteiger charge is 2.06. The number of rotatable bonds is 3. The standard InChI is InChI=1S/C8H12O2S/c1-2-7-3-6(5-11-7)8(10)4-9/h3,5,8-10H,2,4H2,1H3. The first-order valence-electron chi connectivity index (χ1n) is 3.64. The number of thiophene rings is 1. The summed E-state index contributed by atoms with van der Waals surface area (Å²) in [6, 6.07) is 1.94. The van der Waals surface area contributed by atoms with Gasteiger partial charge >= 0.3 is 0 Å². The van der Waals surface area contributed by atoms with Crippen molar-refractivity contribution in [2.45, 2.75) is 19.4 Å². The predicted molar refractivity (Wildman–Crippen MR) is 45.7 cm³/mol. The van der Waals surface area contributed by atoms with E-state index in [0.717, 1.165) is 12.0 Å². The molecule has 0 fully saturated rings. The molecule has 0 bridgehead atoms. The van der Waals surface area contributed by atoms with Gasteiger partial charge in [0.05, 0.1) is 6.61 Å². The zero-order valence-corrected chi connectivity index (χ0v) is 7.27. The van der Waals surface area contributed by atoms with Crippen molar-refractivity contribution in [3.8, 4) is 0 Å². The maximum Gasteiger partial charge on any atom is 0.103 e. The lowest BCUT2D eigenvalue weighted by atomic mass is 10.2. The van der Waals surface area contributed by atoms with Gasteiger partial charge in [-0.3, -0.25) is 0 Å². The molecule has 0 radical (unpaired) electrons. The van der Waals surface area contributed by atoms with Crippen molar-refractivity contribution in [1.29, 1.82) is 0 Å². The fourth-order valence-corrected chi connectivity index (χ4v) is 1.75. The average molecular weight is 172 g/mol. The van der Waals surface area contributed by atoms with E-state index in [2.05, 4.69) is 6.92 Å². The van der Waals surface area contributed by atoms with Gasteiger partial charge in [-0.05, 0) is 23.4 Å². The van der Waals surface area contributed by atoms with E-state index in [1.165, 1.54) is 4.88 Å². The van der Waals surface area contributed by atoms with Crippen molar-refractivity contribution in [3.63, 3.8) is 0 Å². The fourth-order valence-electron chi connectivity index (χ4n) is 0.863. The van der Waals surface area contributed by atoms with Gasteiger partial charge in [-0.25, -0.2) is 0 Å². The molecular weight excluding hydrogens is 160 g/mol. The minimum absolute atomic E-state index is 0.195. The third kappa shape index (κ3) is 2.02. The highest BCUT2D eigenvalue weighted by Crippen LogP contribution is 2.20. The van der Waals surface area contributed by atoms with Gasteiger partial charge in [-0.15, -0.1) is 11.3 Å². The molecule has 11 heavy (non-hydrogen) atoms. The Bertz CT molecular complexity index is 220. The summed E-state index contributed by atoms with van der Waals surface area (Å²) < 4.78 is 0. The molecule has 0 aromatic carbocycles. The molecular formula is C8H12O2S. The number of hydrogen-bond donors (Lipinski definition) is 2. The third-order valence-corrected chi connectivity index (χ3v) is 2.68. The second-order valence-electron chi connectivity index (χ2n) is 2.40. The lowest BCUT2D eigenvalue weighted by molar-refractivity contribution is 0.0959. The Labute approximate surface area is 70.1 Å². The average Bonchev–Trinajstić information content (AvgIpc) is 2.50. The van der Waals surface area contributed by atoms with Crippen LogP contribution in [0.1, 0.15) is 23.5 Å². The SMILES string of the molecule is CCc1cc(C(O)CO)cs1. The molecule has 1 heterocycles. The topological polar surface area (TPSA) is 40.5 Å². The Morgan fingerprint density at radius 3 is 2.82 bits per heavy atom. The van der Waals surface area contributed by atoms with Gasteiger partial charge in [0.15, 0.2) is 0 Å². The first-order chi connectivity index (χ1) is 5.27. The first kappa shape index (κ1) is 8.71. The van der Waals surface area contributed by atoms with Crippen molar-refractivity contribution in [1.82, 2.24) is 0 Å². The summed E-state index contributed by atoms with van der Waals surface area (Å²) in [6.07, 6.45) is 0.287. The van der Waals surface area contributed by atoms with Crippen LogP contribution in [-0.4, -0.2) is 16.8 Å². The van der Waals surface area contributed by atoms with E-state index in [1.807, 2.05) is 11.4 Å². The lowest BCUT2D eigenvalue weighted by Crippen LogP contribution is -2.00. The Morgan fingerprint density at radius 1 is 1.64 bits per heavy atom. The summed E-state index contributed by atoms with van der Waals surface area (Å²) in [7, 11) is 0. The van der Waals surface area contributed by atoms with Crippen LogP contribution in [0.15, 0.2) is 11.4 Å². The maximum absolute atomic E-state index is 9.19. The molecule has 1 aromatic heterocycles. The van der Waals surface area contributed by atoms with Crippen molar-refractivity contribution >= 4 is 11.3 Å². The largest absolute Gasteiger partial charge is 0.393 e. The van der Waals surface area contributed by atoms with E-state index >= 15 is 0 Å². The number of aryl methyl sites for hydroxylation is 1. The van der Waals surface area contributed by atoms with Gasteiger partial charge in [0, 0.05) is 4.88 Å². The third-order valence-electron chi connectivity index (χ3n) is 1.58. The molecule has 3 heteroatoms. The molecule has 62 valence electrons. The van der Waals surface area contributed by atoms with Crippen molar-refractivity contribution in [2.75, 3.05) is 6.61 Å². The van der Waals surface area contributed by atoms with E-state index in [4.69, 9.17) is 5.11 Å². The molecule has 0 saturated carbocycles. The molecule has 1 unspecified atom stereocenters. The van der Waals surface area contributed by atoms with Gasteiger partial charge in [0.2, 0.25) is 0 Å². The Morgan fingerprint density at radius 2 is 2.36 bits per heavy atom. The zero-order chi connectivity index (χ0) is 8.27. The highest BCUT2D eigenvalue weighted by molar-refractivity contribution is 7.10. The summed E-state index contributed by atoms with van der Waals surface area (Å²) in [5, 5.41) is 19.7. The molecule has 0 aliphatic heterocycles. The van der Waals surface area contributed by atoms with E-state index in [1.54, 1.807) is 11.3 Å². The van der Waals surface area contributed by atoms with Gasteiger partial charge in [-0.1, -0.05) is 6.92 Å². The second-order valence-corrected chi connectivity index (χ2v) is 3.39. The van der Waals surface area contributed by atoms with Gasteiger partial charge < -0.3 is 10.2 Å². The van der Waals surface area contributed by atoms with Gasteiger partial charge in [0.25, 0.3) is 0 Å². The molecule has 0 aliphatic rings. The summed E-state index contributed by atoms with van der Waals surface area (Å²) in [5.41, 5.74) is 0.828. The van der Waals surface area contributed by atoms with Crippen LogP contribution in [0.2, 0.25) is 0 Å². The van der Waals surface area contributed by atoms with E-state index in [0.29, 0.717) is 0 Å². The molecule has 0 aliphatic carbocycles. The van der Waals surface area contributed by atoms with E-state index in [9.17, 15) is 5.11 Å². The smallest absolute Gasteiger partial charge is 0.103 e. The Balaban J connectivity index is 2.71.